The van der Waals surface area contributed by atoms with Crippen molar-refractivity contribution >= 4 is 30.8 Å². The van der Waals surface area contributed by atoms with E-state index in [-0.39, 0.29) is 0 Å². The van der Waals surface area contributed by atoms with E-state index < -0.39 is 6.95 Å². The lowest BCUT2D eigenvalue weighted by Crippen LogP contribution is -1.55. The van der Waals surface area contributed by atoms with Crippen LogP contribution in [0.5, 0.6) is 0 Å². The van der Waals surface area contributed by atoms with Crippen molar-refractivity contribution in [1.82, 2.24) is 0 Å². The van der Waals surface area contributed by atoms with Gasteiger partial charge >= 0.3 is 6.95 Å². The normalized spacial score (nSPS) is 8.38. The van der Waals surface area contributed by atoms with Crippen LogP contribution in [0.2, 0.25) is 0 Å². The molecule has 13 heavy (non-hydrogen) atoms. The van der Waals surface area contributed by atoms with Crippen LogP contribution in [0.25, 0.3) is 0 Å². The van der Waals surface area contributed by atoms with Gasteiger partial charge < -0.3 is 19.4 Å². The predicted molar refractivity (Wildman–Crippen MR) is 50.6 cm³/mol. The smallest absolute Gasteiger partial charge is 0.313 e. The molecule has 0 aliphatic rings. The summed E-state index contributed by atoms with van der Waals surface area (Å²) in [7, 11) is 0. The maximum atomic E-state index is 9.17. The highest BCUT2D eigenvalue weighted by Gasteiger charge is 2.01. The third-order valence-electron chi connectivity index (χ3n) is 0.333. The lowest BCUT2D eigenvalue weighted by molar-refractivity contribution is -0.108. The molecule has 0 spiro atoms. The molecule has 0 atom stereocenters. The number of hydrogen-bond acceptors (Lipinski definition) is 3. The molecule has 2 N–H and O–H groups in total. The van der Waals surface area contributed by atoms with Crippen LogP contribution in [0, 0.1) is 0 Å². The van der Waals surface area contributed by atoms with E-state index in [0.29, 0.717) is 12.8 Å². The summed E-state index contributed by atoms with van der Waals surface area (Å²) in [6.07, 6.45) is 3.03. The number of carbonyl (C=O) groups excluding carboxylic acids is 2. The molecule has 0 saturated heterocycles. The van der Waals surface area contributed by atoms with Crippen LogP contribution >= 0.6 is 18.2 Å². The van der Waals surface area contributed by atoms with Crippen molar-refractivity contribution in [2.24, 2.45) is 0 Å². The summed E-state index contributed by atoms with van der Waals surface area (Å²) in [6, 6.07) is 0. The molecule has 0 aromatic rings. The zero-order valence-corrected chi connectivity index (χ0v) is 9.16. The van der Waals surface area contributed by atoms with Crippen LogP contribution in [0.15, 0.2) is 0 Å². The highest BCUT2D eigenvalue weighted by molar-refractivity contribution is 7.79. The number of hydrogen-bond donors (Lipinski definition) is 2. The van der Waals surface area contributed by atoms with Crippen LogP contribution in [-0.2, 0) is 14.2 Å². The van der Waals surface area contributed by atoms with Crippen molar-refractivity contribution < 1.29 is 23.9 Å². The minimum Gasteiger partial charge on any atom is -0.313 e. The Kier molecular flexibility index (Phi) is 20.4. The molecule has 0 aromatic carbocycles. The van der Waals surface area contributed by atoms with Crippen molar-refractivity contribution in [3.8, 4) is 0 Å². The third-order valence-corrected chi connectivity index (χ3v) is 0.333. The Morgan fingerprint density at radius 3 is 1.23 bits per heavy atom. The van der Waals surface area contributed by atoms with Gasteiger partial charge in [-0.15, -0.1) is 0 Å². The Labute approximate surface area is 82.0 Å². The fourth-order valence-corrected chi connectivity index (χ4v) is 0. The van der Waals surface area contributed by atoms with E-state index in [2.05, 4.69) is 11.2 Å². The molecule has 0 fully saturated rings. The zero-order valence-electron chi connectivity index (χ0n) is 7.51. The fourth-order valence-electron chi connectivity index (χ4n) is 0. The number of rotatable bonds is 2. The van der Waals surface area contributed by atoms with Crippen LogP contribution in [0.1, 0.15) is 26.7 Å². The van der Waals surface area contributed by atoms with Crippen LogP contribution in [0.3, 0.4) is 0 Å². The Hall–Kier alpha value is -0.220. The second-order valence-corrected chi connectivity index (χ2v) is 3.89. The monoisotopic (exact) mass is 232 g/mol. The van der Waals surface area contributed by atoms with Crippen molar-refractivity contribution in [3.05, 3.63) is 0 Å². The van der Waals surface area contributed by atoms with Crippen molar-refractivity contribution in [1.29, 1.82) is 0 Å². The summed E-state index contributed by atoms with van der Waals surface area (Å²) in [5.41, 5.74) is 0. The molecule has 0 bridgehead atoms. The van der Waals surface area contributed by atoms with E-state index in [1.54, 1.807) is 0 Å². The minimum atomic E-state index is -4.17. The predicted octanol–water partition coefficient (Wildman–Crippen LogP) is 1.51. The van der Waals surface area contributed by atoms with Gasteiger partial charge in [-0.25, -0.2) is 4.57 Å². The quantitative estimate of drug-likeness (QED) is 0.556. The second kappa shape index (κ2) is 14.3. The fraction of sp³-hybridized carbons (Fsp3) is 0.667. The highest BCUT2D eigenvalue weighted by atomic mass is 35.7. The first-order valence-electron chi connectivity index (χ1n) is 3.45. The standard InChI is InChI=1S/2C3H6O.ClH2O3P/c2*1-2-3-4;1-5(2,3)4/h2*3H,2H2,1H3;(H2,2,3,4). The summed E-state index contributed by atoms with van der Waals surface area (Å²) in [5.74, 6) is 0. The SMILES string of the molecule is CCC=O.CCC=O.O=P(O)(O)Cl. The average Bonchev–Trinajstić information content (AvgIpc) is 2.01. The van der Waals surface area contributed by atoms with E-state index in [1.807, 2.05) is 13.8 Å². The van der Waals surface area contributed by atoms with Crippen LogP contribution < -0.4 is 0 Å². The number of carbonyl (C=O) groups is 2. The largest absolute Gasteiger partial charge is 0.419 e. The topological polar surface area (TPSA) is 91.7 Å². The van der Waals surface area contributed by atoms with E-state index in [0.717, 1.165) is 12.6 Å². The molecule has 0 rings (SSSR count). The zero-order chi connectivity index (χ0) is 11.3. The molecular weight excluding hydrogens is 218 g/mol. The summed E-state index contributed by atoms with van der Waals surface area (Å²) in [5, 5.41) is 0. The van der Waals surface area contributed by atoms with Crippen molar-refractivity contribution in [2.45, 2.75) is 26.7 Å². The van der Waals surface area contributed by atoms with Gasteiger partial charge in [0.15, 0.2) is 0 Å². The Morgan fingerprint density at radius 1 is 1.15 bits per heavy atom. The molecule has 0 amide bonds. The van der Waals surface area contributed by atoms with Gasteiger partial charge in [-0.1, -0.05) is 13.8 Å². The van der Waals surface area contributed by atoms with Crippen LogP contribution in [0.4, 0.5) is 0 Å². The van der Waals surface area contributed by atoms with Gasteiger partial charge in [0.1, 0.15) is 12.6 Å². The highest BCUT2D eigenvalue weighted by Crippen LogP contribution is 2.39. The molecule has 0 heterocycles. The lowest BCUT2D eigenvalue weighted by atomic mass is 10.6. The Balaban J connectivity index is -0.000000117. The summed E-state index contributed by atoms with van der Waals surface area (Å²) in [6.45, 7) is -0.542. The first-order valence-corrected chi connectivity index (χ1v) is 5.97. The molecule has 0 aliphatic carbocycles. The Morgan fingerprint density at radius 2 is 1.23 bits per heavy atom. The summed E-state index contributed by atoms with van der Waals surface area (Å²) < 4.78 is 9.09. The minimum absolute atomic E-state index is 0.639. The average molecular weight is 233 g/mol. The van der Waals surface area contributed by atoms with Crippen molar-refractivity contribution in [3.63, 3.8) is 0 Å². The number of halogens is 1. The molecule has 0 unspecified atom stereocenters. The summed E-state index contributed by atoms with van der Waals surface area (Å²) >= 11 is 4.20. The maximum Gasteiger partial charge on any atom is 0.419 e. The van der Waals surface area contributed by atoms with Crippen LogP contribution in [-0.4, -0.2) is 22.4 Å². The van der Waals surface area contributed by atoms with Gasteiger partial charge in [0, 0.05) is 24.1 Å². The first kappa shape index (κ1) is 18.5. The van der Waals surface area contributed by atoms with Gasteiger partial charge in [-0.2, -0.15) is 0 Å². The lowest BCUT2D eigenvalue weighted by Gasteiger charge is -1.80. The molecule has 7 heteroatoms. The van der Waals surface area contributed by atoms with Gasteiger partial charge in [0.05, 0.1) is 0 Å². The van der Waals surface area contributed by atoms with Gasteiger partial charge in [0.2, 0.25) is 0 Å². The molecule has 0 saturated carbocycles. The maximum absolute atomic E-state index is 9.17. The molecule has 80 valence electrons. The van der Waals surface area contributed by atoms with E-state index in [9.17, 15) is 9.59 Å². The molecule has 0 aliphatic heterocycles. The van der Waals surface area contributed by atoms with Gasteiger partial charge in [-0.05, 0) is 0 Å². The second-order valence-electron chi connectivity index (χ2n) is 1.62. The Bertz CT molecular complexity index is 139. The van der Waals surface area contributed by atoms with Crippen molar-refractivity contribution in [2.75, 3.05) is 0 Å². The van der Waals surface area contributed by atoms with Gasteiger partial charge in [0.25, 0.3) is 0 Å². The van der Waals surface area contributed by atoms with E-state index in [4.69, 9.17) is 14.4 Å². The summed E-state index contributed by atoms with van der Waals surface area (Å²) in [4.78, 5) is 33.1. The molecular formula is C6H14ClO5P. The third kappa shape index (κ3) is 356. The van der Waals surface area contributed by atoms with E-state index >= 15 is 0 Å². The molecule has 0 radical (unpaired) electrons. The van der Waals surface area contributed by atoms with E-state index in [1.165, 1.54) is 0 Å². The van der Waals surface area contributed by atoms with Gasteiger partial charge in [-0.3, -0.25) is 0 Å². The molecule has 0 aromatic heterocycles. The molecule has 5 nitrogen and oxygen atoms in total. The first-order chi connectivity index (χ1) is 5.83. The number of aldehydes is 2.